The highest BCUT2D eigenvalue weighted by atomic mass is 35.5. The Labute approximate surface area is 180 Å². The second-order valence-electron chi connectivity index (χ2n) is 8.99. The molecule has 1 aliphatic heterocycles. The Morgan fingerprint density at radius 3 is 2.43 bits per heavy atom. The third-order valence-corrected chi connectivity index (χ3v) is 6.25. The molecule has 0 aromatic heterocycles. The number of carbonyl (C=O) groups is 1. The number of aryl methyl sites for hydroxylation is 2. The van der Waals surface area contributed by atoms with Crippen molar-refractivity contribution in [1.82, 2.24) is 0 Å². The summed E-state index contributed by atoms with van der Waals surface area (Å²) in [5, 5.41) is 18.5. The highest BCUT2D eigenvalue weighted by Crippen LogP contribution is 2.46. The first kappa shape index (κ1) is 20.4. The minimum absolute atomic E-state index is 0.0464. The number of hydrogen-bond acceptors (Lipinski definition) is 5. The predicted molar refractivity (Wildman–Crippen MR) is 119 cm³/mol. The summed E-state index contributed by atoms with van der Waals surface area (Å²) in [5.41, 5.74) is 5.85. The van der Waals surface area contributed by atoms with E-state index < -0.39 is 11.0 Å². The highest BCUT2D eigenvalue weighted by molar-refractivity contribution is 6.32. The number of nitro benzene ring substituents is 1. The van der Waals surface area contributed by atoms with Crippen LogP contribution >= 0.6 is 11.6 Å². The molecule has 2 aromatic carbocycles. The molecule has 0 bridgehead atoms. The van der Waals surface area contributed by atoms with E-state index >= 15 is 0 Å². The lowest BCUT2D eigenvalue weighted by Gasteiger charge is -2.34. The number of nitro groups is 1. The van der Waals surface area contributed by atoms with Gasteiger partial charge in [-0.25, -0.2) is 0 Å². The Kier molecular flexibility index (Phi) is 4.85. The second-order valence-corrected chi connectivity index (χ2v) is 9.39. The molecule has 0 saturated heterocycles. The number of rotatable bonds is 2. The second kappa shape index (κ2) is 7.13. The molecule has 1 atom stereocenters. The molecular weight excluding hydrogens is 402 g/mol. The number of anilines is 2. The van der Waals surface area contributed by atoms with Crippen LogP contribution in [0.25, 0.3) is 0 Å². The molecule has 0 fully saturated rings. The summed E-state index contributed by atoms with van der Waals surface area (Å²) in [6.07, 6.45) is 1.14. The van der Waals surface area contributed by atoms with Crippen LogP contribution in [-0.4, -0.2) is 10.7 Å². The molecule has 7 heteroatoms. The molecule has 1 heterocycles. The SMILES string of the molecule is Cc1cc2c(cc1C)N[C@@H](c1ccc(Cl)c([N+](=O)[O-])c1)C1=C(CC(C)(C)CC1=O)N2. The zero-order valence-electron chi connectivity index (χ0n) is 17.4. The van der Waals surface area contributed by atoms with Gasteiger partial charge in [0, 0.05) is 23.8 Å². The lowest BCUT2D eigenvalue weighted by atomic mass is 9.73. The van der Waals surface area contributed by atoms with Crippen molar-refractivity contribution < 1.29 is 9.72 Å². The first-order valence-electron chi connectivity index (χ1n) is 9.90. The summed E-state index contributed by atoms with van der Waals surface area (Å²) < 4.78 is 0. The fourth-order valence-electron chi connectivity index (χ4n) is 4.31. The highest BCUT2D eigenvalue weighted by Gasteiger charge is 2.39. The first-order chi connectivity index (χ1) is 14.1. The van der Waals surface area contributed by atoms with Crippen LogP contribution in [0.15, 0.2) is 41.6 Å². The van der Waals surface area contributed by atoms with Crippen LogP contribution in [0, 0.1) is 29.4 Å². The molecular formula is C23H24ClN3O3. The molecule has 2 N–H and O–H groups in total. The molecule has 30 heavy (non-hydrogen) atoms. The van der Waals surface area contributed by atoms with E-state index in [2.05, 4.69) is 30.5 Å². The van der Waals surface area contributed by atoms with Gasteiger partial charge in [0.25, 0.3) is 5.69 Å². The zero-order valence-corrected chi connectivity index (χ0v) is 18.2. The van der Waals surface area contributed by atoms with Crippen LogP contribution in [0.1, 0.15) is 49.4 Å². The summed E-state index contributed by atoms with van der Waals surface area (Å²) >= 11 is 6.03. The smallest absolute Gasteiger partial charge is 0.288 e. The van der Waals surface area contributed by atoms with E-state index in [-0.39, 0.29) is 21.9 Å². The average molecular weight is 426 g/mol. The number of Topliss-reactive ketones (excluding diaryl/α,β-unsaturated/α-hetero) is 1. The van der Waals surface area contributed by atoms with Gasteiger partial charge in [-0.1, -0.05) is 31.5 Å². The Bertz CT molecular complexity index is 1120. The van der Waals surface area contributed by atoms with Crippen molar-refractivity contribution in [2.75, 3.05) is 10.6 Å². The number of allylic oxidation sites excluding steroid dienone is 1. The van der Waals surface area contributed by atoms with Crippen molar-refractivity contribution in [2.45, 2.75) is 46.6 Å². The Morgan fingerprint density at radius 2 is 1.77 bits per heavy atom. The monoisotopic (exact) mass is 425 g/mol. The first-order valence-corrected chi connectivity index (χ1v) is 10.3. The third kappa shape index (κ3) is 3.56. The average Bonchev–Trinajstić information content (AvgIpc) is 2.78. The topological polar surface area (TPSA) is 84.3 Å². The fourth-order valence-corrected chi connectivity index (χ4v) is 4.50. The van der Waals surface area contributed by atoms with E-state index in [0.717, 1.165) is 28.2 Å². The summed E-state index contributed by atoms with van der Waals surface area (Å²) in [6, 6.07) is 8.34. The largest absolute Gasteiger partial charge is 0.372 e. The van der Waals surface area contributed by atoms with Crippen molar-refractivity contribution >= 4 is 34.4 Å². The lowest BCUT2D eigenvalue weighted by molar-refractivity contribution is -0.384. The van der Waals surface area contributed by atoms with E-state index in [9.17, 15) is 14.9 Å². The van der Waals surface area contributed by atoms with Gasteiger partial charge in [0.05, 0.1) is 22.3 Å². The number of ketones is 1. The van der Waals surface area contributed by atoms with Crippen LogP contribution in [0.4, 0.5) is 17.1 Å². The van der Waals surface area contributed by atoms with Gasteiger partial charge >= 0.3 is 0 Å². The molecule has 1 aliphatic carbocycles. The standard InChI is InChI=1S/C23H24ClN3O3/c1-12-7-16-17(8-13(12)2)26-22(14-5-6-15(24)19(9-14)27(29)30)21-18(25-16)10-23(3,4)11-20(21)28/h5-9,22,25-26H,10-11H2,1-4H3/t22-/m0/s1. The van der Waals surface area contributed by atoms with E-state index in [1.807, 2.05) is 19.9 Å². The molecule has 0 amide bonds. The van der Waals surface area contributed by atoms with Crippen LogP contribution in [0.3, 0.4) is 0 Å². The van der Waals surface area contributed by atoms with E-state index in [4.69, 9.17) is 11.6 Å². The van der Waals surface area contributed by atoms with E-state index in [0.29, 0.717) is 24.0 Å². The maximum Gasteiger partial charge on any atom is 0.288 e. The van der Waals surface area contributed by atoms with Crippen molar-refractivity contribution in [3.63, 3.8) is 0 Å². The van der Waals surface area contributed by atoms with Crippen LogP contribution in [0.2, 0.25) is 5.02 Å². The molecule has 0 radical (unpaired) electrons. The maximum atomic E-state index is 13.3. The van der Waals surface area contributed by atoms with Gasteiger partial charge in [0.1, 0.15) is 5.02 Å². The summed E-state index contributed by atoms with van der Waals surface area (Å²) in [6.45, 7) is 8.25. The third-order valence-electron chi connectivity index (χ3n) is 5.93. The molecule has 0 spiro atoms. The van der Waals surface area contributed by atoms with Gasteiger partial charge in [-0.15, -0.1) is 0 Å². The van der Waals surface area contributed by atoms with Gasteiger partial charge in [-0.05, 0) is 60.6 Å². The number of carbonyl (C=O) groups excluding carboxylic acids is 1. The number of nitrogens with zero attached hydrogens (tertiary/aromatic N) is 1. The molecule has 0 unspecified atom stereocenters. The Hall–Kier alpha value is -2.86. The molecule has 2 aromatic rings. The molecule has 6 nitrogen and oxygen atoms in total. The molecule has 2 aliphatic rings. The van der Waals surface area contributed by atoms with Crippen molar-refractivity contribution in [3.05, 3.63) is 73.4 Å². The van der Waals surface area contributed by atoms with Crippen LogP contribution in [-0.2, 0) is 4.79 Å². The fraction of sp³-hybridized carbons (Fsp3) is 0.348. The zero-order chi connectivity index (χ0) is 21.8. The summed E-state index contributed by atoms with van der Waals surface area (Å²) in [4.78, 5) is 24.2. The molecule has 4 rings (SSSR count). The number of fused-ring (bicyclic) bond motifs is 1. The Balaban J connectivity index is 1.93. The lowest BCUT2D eigenvalue weighted by Crippen LogP contribution is -2.31. The van der Waals surface area contributed by atoms with Crippen LogP contribution in [0.5, 0.6) is 0 Å². The summed E-state index contributed by atoms with van der Waals surface area (Å²) in [7, 11) is 0. The van der Waals surface area contributed by atoms with Crippen molar-refractivity contribution in [2.24, 2.45) is 5.41 Å². The van der Waals surface area contributed by atoms with E-state index in [1.165, 1.54) is 12.1 Å². The normalized spacial score (nSPS) is 19.9. The van der Waals surface area contributed by atoms with Crippen LogP contribution < -0.4 is 10.6 Å². The quantitative estimate of drug-likeness (QED) is 0.449. The van der Waals surface area contributed by atoms with Crippen molar-refractivity contribution in [3.8, 4) is 0 Å². The minimum atomic E-state index is -0.504. The van der Waals surface area contributed by atoms with Gasteiger partial charge in [0.2, 0.25) is 0 Å². The number of halogens is 1. The molecule has 0 saturated carbocycles. The van der Waals surface area contributed by atoms with Gasteiger partial charge in [-0.3, -0.25) is 14.9 Å². The Morgan fingerprint density at radius 1 is 1.10 bits per heavy atom. The maximum absolute atomic E-state index is 13.3. The number of hydrogen-bond donors (Lipinski definition) is 2. The molecule has 156 valence electrons. The number of nitrogens with one attached hydrogen (secondary N) is 2. The van der Waals surface area contributed by atoms with E-state index in [1.54, 1.807) is 6.07 Å². The summed E-state index contributed by atoms with van der Waals surface area (Å²) in [5.74, 6) is 0.0464. The van der Waals surface area contributed by atoms with Gasteiger partial charge < -0.3 is 10.6 Å². The minimum Gasteiger partial charge on any atom is -0.372 e. The number of benzene rings is 2. The van der Waals surface area contributed by atoms with Gasteiger partial charge in [-0.2, -0.15) is 0 Å². The predicted octanol–water partition coefficient (Wildman–Crippen LogP) is 6.09. The van der Waals surface area contributed by atoms with Crippen molar-refractivity contribution in [1.29, 1.82) is 0 Å². The van der Waals surface area contributed by atoms with Gasteiger partial charge in [0.15, 0.2) is 5.78 Å².